The lowest BCUT2D eigenvalue weighted by atomic mass is 10.1. The Balaban J connectivity index is 1.37. The number of aryl methyl sites for hydroxylation is 1. The quantitative estimate of drug-likeness (QED) is 0.691. The van der Waals surface area contributed by atoms with Gasteiger partial charge in [0.1, 0.15) is 11.6 Å². The summed E-state index contributed by atoms with van der Waals surface area (Å²) >= 11 is 0. The number of carbonyl (C=O) groups excluding carboxylic acids is 1. The van der Waals surface area contributed by atoms with Crippen LogP contribution in [-0.4, -0.2) is 22.3 Å². The molecule has 1 aliphatic rings. The van der Waals surface area contributed by atoms with E-state index in [2.05, 4.69) is 10.3 Å². The van der Waals surface area contributed by atoms with Crippen molar-refractivity contribution in [2.45, 2.75) is 13.5 Å². The third-order valence-electron chi connectivity index (χ3n) is 4.39. The van der Waals surface area contributed by atoms with E-state index in [0.29, 0.717) is 28.6 Å². The third kappa shape index (κ3) is 3.73. The summed E-state index contributed by atoms with van der Waals surface area (Å²) in [5.74, 6) is 1.41. The Labute approximate surface area is 161 Å². The van der Waals surface area contributed by atoms with Crippen LogP contribution in [0.1, 0.15) is 17.0 Å². The number of halogens is 1. The number of aromatic nitrogens is 2. The fourth-order valence-corrected chi connectivity index (χ4v) is 2.93. The van der Waals surface area contributed by atoms with Gasteiger partial charge in [0.2, 0.25) is 12.7 Å². The van der Waals surface area contributed by atoms with Crippen LogP contribution in [0.2, 0.25) is 0 Å². The van der Waals surface area contributed by atoms with Gasteiger partial charge in [-0.05, 0) is 48.4 Å². The molecule has 1 aliphatic heterocycles. The summed E-state index contributed by atoms with van der Waals surface area (Å²) in [7, 11) is 0. The smallest absolute Gasteiger partial charge is 0.244 e. The van der Waals surface area contributed by atoms with Gasteiger partial charge in [-0.25, -0.2) is 9.37 Å². The van der Waals surface area contributed by atoms with E-state index < -0.39 is 0 Å². The van der Waals surface area contributed by atoms with Crippen molar-refractivity contribution in [1.29, 1.82) is 0 Å². The molecule has 1 aromatic heterocycles. The standard InChI is InChI=1S/C21H18FN3O3/c1-14-23-8-9-25(14)18-5-2-16(10-17(18)22)12-24-21(26)7-4-15-3-6-19-20(11-15)28-13-27-19/h2-11H,12-13H2,1H3,(H,24,26). The zero-order valence-corrected chi connectivity index (χ0v) is 15.2. The number of hydrogen-bond donors (Lipinski definition) is 1. The van der Waals surface area contributed by atoms with Gasteiger partial charge in [-0.1, -0.05) is 12.1 Å². The average molecular weight is 379 g/mol. The first-order chi connectivity index (χ1) is 13.6. The maximum Gasteiger partial charge on any atom is 0.244 e. The molecule has 0 atom stereocenters. The second kappa shape index (κ2) is 7.56. The number of fused-ring (bicyclic) bond motifs is 1. The molecule has 4 rings (SSSR count). The largest absolute Gasteiger partial charge is 0.454 e. The van der Waals surface area contributed by atoms with Gasteiger partial charge in [0.05, 0.1) is 5.69 Å². The highest BCUT2D eigenvalue weighted by molar-refractivity contribution is 5.91. The minimum absolute atomic E-state index is 0.207. The maximum absolute atomic E-state index is 14.4. The van der Waals surface area contributed by atoms with Gasteiger partial charge in [0.25, 0.3) is 0 Å². The highest BCUT2D eigenvalue weighted by Crippen LogP contribution is 2.32. The van der Waals surface area contributed by atoms with Crippen molar-refractivity contribution >= 4 is 12.0 Å². The number of carbonyl (C=O) groups is 1. The van der Waals surface area contributed by atoms with Gasteiger partial charge < -0.3 is 19.4 Å². The number of benzene rings is 2. The van der Waals surface area contributed by atoms with Gasteiger partial charge in [0, 0.05) is 25.0 Å². The number of hydrogen-bond acceptors (Lipinski definition) is 4. The lowest BCUT2D eigenvalue weighted by Gasteiger charge is -2.09. The lowest BCUT2D eigenvalue weighted by Crippen LogP contribution is -2.20. The number of nitrogens with one attached hydrogen (secondary N) is 1. The van der Waals surface area contributed by atoms with Crippen molar-refractivity contribution in [1.82, 2.24) is 14.9 Å². The first-order valence-electron chi connectivity index (χ1n) is 8.74. The first kappa shape index (κ1) is 17.8. The summed E-state index contributed by atoms with van der Waals surface area (Å²) in [4.78, 5) is 16.1. The van der Waals surface area contributed by atoms with Gasteiger partial charge in [-0.2, -0.15) is 0 Å². The number of rotatable bonds is 5. The van der Waals surface area contributed by atoms with Crippen LogP contribution in [0.15, 0.2) is 54.9 Å². The zero-order chi connectivity index (χ0) is 19.5. The van der Waals surface area contributed by atoms with E-state index in [1.54, 1.807) is 54.2 Å². The van der Waals surface area contributed by atoms with Crippen LogP contribution in [0, 0.1) is 12.7 Å². The number of imidazole rings is 1. The van der Waals surface area contributed by atoms with Crippen LogP contribution in [0.3, 0.4) is 0 Å². The van der Waals surface area contributed by atoms with Crippen LogP contribution in [0.4, 0.5) is 4.39 Å². The van der Waals surface area contributed by atoms with Crippen LogP contribution >= 0.6 is 0 Å². The average Bonchev–Trinajstić information content (AvgIpc) is 3.33. The molecule has 3 aromatic rings. The molecule has 0 radical (unpaired) electrons. The fraction of sp³-hybridized carbons (Fsp3) is 0.143. The molecule has 1 N–H and O–H groups in total. The lowest BCUT2D eigenvalue weighted by molar-refractivity contribution is -0.116. The minimum Gasteiger partial charge on any atom is -0.454 e. The minimum atomic E-state index is -0.372. The van der Waals surface area contributed by atoms with Crippen LogP contribution in [0.25, 0.3) is 11.8 Å². The van der Waals surface area contributed by atoms with Crippen molar-refractivity contribution < 1.29 is 18.7 Å². The Hall–Kier alpha value is -3.61. The Bertz CT molecular complexity index is 1060. The van der Waals surface area contributed by atoms with E-state index in [0.717, 1.165) is 5.56 Å². The zero-order valence-electron chi connectivity index (χ0n) is 15.2. The van der Waals surface area contributed by atoms with Crippen molar-refractivity contribution in [2.75, 3.05) is 6.79 Å². The fourth-order valence-electron chi connectivity index (χ4n) is 2.93. The number of nitrogens with zero attached hydrogens (tertiary/aromatic N) is 2. The van der Waals surface area contributed by atoms with E-state index in [1.165, 1.54) is 12.1 Å². The first-order valence-corrected chi connectivity index (χ1v) is 8.74. The molecule has 0 spiro atoms. The van der Waals surface area contributed by atoms with E-state index in [1.807, 2.05) is 6.07 Å². The number of amides is 1. The normalized spacial score (nSPS) is 12.5. The summed E-state index contributed by atoms with van der Waals surface area (Å²) in [6, 6.07) is 10.3. The topological polar surface area (TPSA) is 65.4 Å². The molecule has 0 saturated carbocycles. The molecule has 142 valence electrons. The van der Waals surface area contributed by atoms with Crippen LogP contribution in [0.5, 0.6) is 11.5 Å². The van der Waals surface area contributed by atoms with Crippen molar-refractivity contribution in [3.8, 4) is 17.2 Å². The van der Waals surface area contributed by atoms with E-state index in [9.17, 15) is 9.18 Å². The Morgan fingerprint density at radius 2 is 2.11 bits per heavy atom. The molecule has 2 heterocycles. The van der Waals surface area contributed by atoms with Crippen molar-refractivity contribution in [3.05, 3.63) is 77.6 Å². The van der Waals surface area contributed by atoms with E-state index in [4.69, 9.17) is 9.47 Å². The molecule has 2 aromatic carbocycles. The predicted molar refractivity (Wildman–Crippen MR) is 102 cm³/mol. The Morgan fingerprint density at radius 3 is 2.89 bits per heavy atom. The van der Waals surface area contributed by atoms with Gasteiger partial charge in [-0.15, -0.1) is 0 Å². The van der Waals surface area contributed by atoms with Gasteiger partial charge >= 0.3 is 0 Å². The Morgan fingerprint density at radius 1 is 1.25 bits per heavy atom. The summed E-state index contributed by atoms with van der Waals surface area (Å²) in [5.41, 5.74) is 1.92. The summed E-state index contributed by atoms with van der Waals surface area (Å²) in [6.45, 7) is 2.24. The molecule has 0 unspecified atom stereocenters. The molecular weight excluding hydrogens is 361 g/mol. The summed E-state index contributed by atoms with van der Waals surface area (Å²) < 4.78 is 26.6. The van der Waals surface area contributed by atoms with Crippen molar-refractivity contribution in [2.24, 2.45) is 0 Å². The SMILES string of the molecule is Cc1nccn1-c1ccc(CNC(=O)C=Cc2ccc3c(c2)OCO3)cc1F. The van der Waals surface area contributed by atoms with E-state index >= 15 is 0 Å². The highest BCUT2D eigenvalue weighted by atomic mass is 19.1. The summed E-state index contributed by atoms with van der Waals surface area (Å²) in [6.07, 6.45) is 6.44. The molecule has 0 bridgehead atoms. The summed E-state index contributed by atoms with van der Waals surface area (Å²) in [5, 5.41) is 2.75. The second-order valence-electron chi connectivity index (χ2n) is 6.29. The molecule has 0 fully saturated rings. The molecule has 1 amide bonds. The van der Waals surface area contributed by atoms with E-state index in [-0.39, 0.29) is 25.1 Å². The maximum atomic E-state index is 14.4. The molecule has 28 heavy (non-hydrogen) atoms. The molecule has 0 aliphatic carbocycles. The monoisotopic (exact) mass is 379 g/mol. The molecule has 0 saturated heterocycles. The molecular formula is C21H18FN3O3. The molecule has 7 heteroatoms. The van der Waals surface area contributed by atoms with Gasteiger partial charge in [-0.3, -0.25) is 4.79 Å². The molecule has 6 nitrogen and oxygen atoms in total. The third-order valence-corrected chi connectivity index (χ3v) is 4.39. The second-order valence-corrected chi connectivity index (χ2v) is 6.29. The number of ether oxygens (including phenoxy) is 2. The predicted octanol–water partition coefficient (Wildman–Crippen LogP) is 3.38. The highest BCUT2D eigenvalue weighted by Gasteiger charge is 2.12. The van der Waals surface area contributed by atoms with Crippen molar-refractivity contribution in [3.63, 3.8) is 0 Å². The van der Waals surface area contributed by atoms with Gasteiger partial charge in [0.15, 0.2) is 11.5 Å². The van der Waals surface area contributed by atoms with Crippen LogP contribution in [-0.2, 0) is 11.3 Å². The Kier molecular flexibility index (Phi) is 4.80. The van der Waals surface area contributed by atoms with Crippen LogP contribution < -0.4 is 14.8 Å².